The summed E-state index contributed by atoms with van der Waals surface area (Å²) in [7, 11) is -3.42. The Bertz CT molecular complexity index is 261. The largest absolute Gasteiger partial charge is 0.335 e. The molecule has 0 aromatic rings. The van der Waals surface area contributed by atoms with Gasteiger partial charge in [-0.1, -0.05) is 0 Å². The molecule has 2 unspecified atom stereocenters. The van der Waals surface area contributed by atoms with Gasteiger partial charge in [-0.25, -0.2) is 8.78 Å². The van der Waals surface area contributed by atoms with Crippen LogP contribution in [0.2, 0.25) is 0 Å². The van der Waals surface area contributed by atoms with Crippen molar-refractivity contribution >= 4 is 20.0 Å². The highest BCUT2D eigenvalue weighted by Gasteiger charge is 2.47. The normalized spacial score (nSPS) is 25.0. The van der Waals surface area contributed by atoms with Crippen LogP contribution in [0, 0.1) is 5.92 Å². The fraction of sp³-hybridized carbons (Fsp3) is 1.00. The van der Waals surface area contributed by atoms with Gasteiger partial charge in [0.05, 0.1) is 18.9 Å². The molecule has 0 saturated carbocycles. The summed E-state index contributed by atoms with van der Waals surface area (Å²) in [5.41, 5.74) is -0.743. The molecule has 1 N–H and O–H groups in total. The van der Waals surface area contributed by atoms with Crippen molar-refractivity contribution in [3.63, 3.8) is 0 Å². The van der Waals surface area contributed by atoms with Gasteiger partial charge in [0.25, 0.3) is 0 Å². The van der Waals surface area contributed by atoms with Gasteiger partial charge >= 0.3 is 7.60 Å². The van der Waals surface area contributed by atoms with Crippen molar-refractivity contribution in [2.45, 2.75) is 25.9 Å². The topological polar surface area (TPSA) is 47.6 Å². The van der Waals surface area contributed by atoms with Crippen molar-refractivity contribution < 1.29 is 22.4 Å². The molecule has 8 heteroatoms. The average Bonchev–Trinajstić information content (AvgIpc) is 2.67. The second-order valence-electron chi connectivity index (χ2n) is 3.60. The van der Waals surface area contributed by atoms with Gasteiger partial charge < -0.3 is 14.4 Å². The molecule has 1 aliphatic rings. The van der Waals surface area contributed by atoms with E-state index in [9.17, 15) is 13.3 Å². The Morgan fingerprint density at radius 2 is 1.82 bits per heavy atom. The minimum Gasteiger partial charge on any atom is -0.315 e. The lowest BCUT2D eigenvalue weighted by atomic mass is 10.1. The van der Waals surface area contributed by atoms with Gasteiger partial charge in [0.2, 0.25) is 6.43 Å². The third-order valence-electron chi connectivity index (χ3n) is 2.58. The van der Waals surface area contributed by atoms with E-state index in [2.05, 4.69) is 5.32 Å². The smallest absolute Gasteiger partial charge is 0.315 e. The van der Waals surface area contributed by atoms with Crippen LogP contribution < -0.4 is 5.32 Å². The number of hydrogen-bond donors (Lipinski definition) is 1. The van der Waals surface area contributed by atoms with E-state index in [1.54, 1.807) is 13.8 Å². The van der Waals surface area contributed by atoms with Gasteiger partial charge in [0, 0.05) is 19.0 Å². The van der Waals surface area contributed by atoms with Crippen LogP contribution in [0.3, 0.4) is 0 Å². The highest BCUT2D eigenvalue weighted by molar-refractivity contribution is 7.54. The average molecular weight is 294 g/mol. The van der Waals surface area contributed by atoms with Crippen molar-refractivity contribution in [2.24, 2.45) is 5.92 Å². The van der Waals surface area contributed by atoms with E-state index in [1.165, 1.54) is 0 Å². The third kappa shape index (κ3) is 4.14. The molecule has 1 aliphatic heterocycles. The molecule has 0 spiro atoms. The van der Waals surface area contributed by atoms with E-state index < -0.39 is 25.6 Å². The summed E-state index contributed by atoms with van der Waals surface area (Å²) in [6.45, 7) is 4.16. The van der Waals surface area contributed by atoms with Crippen LogP contribution in [0.15, 0.2) is 0 Å². The molecule has 0 amide bonds. The summed E-state index contributed by atoms with van der Waals surface area (Å²) in [6, 6.07) is 0. The molecule has 1 heterocycles. The summed E-state index contributed by atoms with van der Waals surface area (Å²) >= 11 is 0. The zero-order valence-electron chi connectivity index (χ0n) is 9.90. The van der Waals surface area contributed by atoms with Crippen molar-refractivity contribution in [3.8, 4) is 0 Å². The van der Waals surface area contributed by atoms with E-state index in [1.807, 2.05) is 0 Å². The fourth-order valence-corrected chi connectivity index (χ4v) is 4.11. The van der Waals surface area contributed by atoms with Gasteiger partial charge in [0.1, 0.15) is 0 Å². The Morgan fingerprint density at radius 1 is 1.29 bits per heavy atom. The summed E-state index contributed by atoms with van der Waals surface area (Å²) in [4.78, 5) is 0. The molecular weight excluding hydrogens is 275 g/mol. The van der Waals surface area contributed by atoms with Crippen LogP contribution in [-0.2, 0) is 13.6 Å². The Hall–Kier alpha value is 0.260. The Morgan fingerprint density at radius 3 is 2.24 bits per heavy atom. The number of rotatable bonds is 6. The van der Waals surface area contributed by atoms with E-state index in [0.717, 1.165) is 0 Å². The number of hydrogen-bond acceptors (Lipinski definition) is 4. The van der Waals surface area contributed by atoms with Crippen LogP contribution in [0.5, 0.6) is 0 Å². The molecule has 0 aliphatic carbocycles. The molecule has 1 rings (SSSR count). The lowest BCUT2D eigenvalue weighted by Gasteiger charge is -2.26. The van der Waals surface area contributed by atoms with Crippen molar-refractivity contribution in [1.82, 2.24) is 5.32 Å². The van der Waals surface area contributed by atoms with Crippen LogP contribution in [-0.4, -0.2) is 38.4 Å². The van der Waals surface area contributed by atoms with Crippen LogP contribution in [0.25, 0.3) is 0 Å². The first-order valence-corrected chi connectivity index (χ1v) is 7.04. The maximum Gasteiger partial charge on any atom is 0.335 e. The Kier molecular flexibility index (Phi) is 7.76. The maximum atomic E-state index is 12.7. The third-order valence-corrected chi connectivity index (χ3v) is 5.19. The zero-order chi connectivity index (χ0) is 12.2. The number of alkyl halides is 2. The standard InChI is InChI=1S/C9H18F2NO3P.ClH/c1-3-14-16(13,15-4-2)8-6-12-5-7(8)9(10)11;/h7-9,12H,3-6H2,1-2H3;1H. The van der Waals surface area contributed by atoms with E-state index >= 15 is 0 Å². The minimum atomic E-state index is -3.42. The first kappa shape index (κ1) is 17.3. The number of nitrogens with one attached hydrogen (secondary N) is 1. The van der Waals surface area contributed by atoms with E-state index in [-0.39, 0.29) is 38.7 Å². The quantitative estimate of drug-likeness (QED) is 0.765. The molecule has 0 aromatic carbocycles. The monoisotopic (exact) mass is 293 g/mol. The maximum absolute atomic E-state index is 12.7. The molecule has 17 heavy (non-hydrogen) atoms. The van der Waals surface area contributed by atoms with Gasteiger partial charge in [-0.05, 0) is 13.8 Å². The molecule has 0 bridgehead atoms. The molecule has 0 aromatic heterocycles. The number of halogens is 3. The lowest BCUT2D eigenvalue weighted by molar-refractivity contribution is 0.0813. The highest BCUT2D eigenvalue weighted by Crippen LogP contribution is 2.57. The van der Waals surface area contributed by atoms with Crippen molar-refractivity contribution in [1.29, 1.82) is 0 Å². The molecule has 0 radical (unpaired) electrons. The lowest BCUT2D eigenvalue weighted by Crippen LogP contribution is -2.27. The molecule has 4 nitrogen and oxygen atoms in total. The van der Waals surface area contributed by atoms with Crippen molar-refractivity contribution in [2.75, 3.05) is 26.3 Å². The second kappa shape index (κ2) is 7.64. The molecule has 1 fully saturated rings. The summed E-state index contributed by atoms with van der Waals surface area (Å²) in [5.74, 6) is -0.955. The first-order valence-electron chi connectivity index (χ1n) is 5.42. The predicted octanol–water partition coefficient (Wildman–Crippen LogP) is 2.53. The first-order chi connectivity index (χ1) is 7.55. The van der Waals surface area contributed by atoms with Crippen molar-refractivity contribution in [3.05, 3.63) is 0 Å². The molecular formula is C9H19ClF2NO3P. The molecule has 2 atom stereocenters. The minimum absolute atomic E-state index is 0. The fourth-order valence-electron chi connectivity index (χ4n) is 1.88. The van der Waals surface area contributed by atoms with Gasteiger partial charge in [-0.15, -0.1) is 12.4 Å². The van der Waals surface area contributed by atoms with E-state index in [0.29, 0.717) is 0 Å². The Balaban J connectivity index is 0.00000256. The van der Waals surface area contributed by atoms with Gasteiger partial charge in [-0.3, -0.25) is 4.57 Å². The Labute approximate surface area is 106 Å². The summed E-state index contributed by atoms with van der Waals surface area (Å²) in [5, 5.41) is 2.81. The summed E-state index contributed by atoms with van der Waals surface area (Å²) < 4.78 is 48.0. The van der Waals surface area contributed by atoms with Gasteiger partial charge in [0.15, 0.2) is 0 Å². The van der Waals surface area contributed by atoms with Crippen LogP contribution >= 0.6 is 20.0 Å². The highest BCUT2D eigenvalue weighted by atomic mass is 35.5. The molecule has 104 valence electrons. The molecule has 1 saturated heterocycles. The SMILES string of the molecule is CCOP(=O)(OCC)C1CNCC1C(F)F.Cl. The van der Waals surface area contributed by atoms with Gasteiger partial charge in [-0.2, -0.15) is 0 Å². The second-order valence-corrected chi connectivity index (χ2v) is 5.86. The van der Waals surface area contributed by atoms with Crippen LogP contribution in [0.1, 0.15) is 13.8 Å². The van der Waals surface area contributed by atoms with Crippen LogP contribution in [0.4, 0.5) is 8.78 Å². The predicted molar refractivity (Wildman–Crippen MR) is 64.3 cm³/mol. The van der Waals surface area contributed by atoms with E-state index in [4.69, 9.17) is 9.05 Å². The summed E-state index contributed by atoms with van der Waals surface area (Å²) in [6.07, 6.45) is -2.51. The zero-order valence-corrected chi connectivity index (χ0v) is 11.6.